The molecule has 2 aromatic rings. The fourth-order valence-corrected chi connectivity index (χ4v) is 2.11. The maximum atomic E-state index is 14.0. The fourth-order valence-electron chi connectivity index (χ4n) is 2.11. The Morgan fingerprint density at radius 3 is 3.00 bits per heavy atom. The highest BCUT2D eigenvalue weighted by atomic mass is 19.1. The van der Waals surface area contributed by atoms with Crippen LogP contribution in [0.2, 0.25) is 0 Å². The molecule has 20 heavy (non-hydrogen) atoms. The predicted octanol–water partition coefficient (Wildman–Crippen LogP) is 2.87. The number of aryl methyl sites for hydroxylation is 2. The van der Waals surface area contributed by atoms with Crippen molar-refractivity contribution in [2.75, 3.05) is 6.54 Å². The first-order chi connectivity index (χ1) is 9.74. The lowest BCUT2D eigenvalue weighted by molar-refractivity contribution is 0.487. The maximum Gasteiger partial charge on any atom is 0.250 e. The molecule has 1 N–H and O–H groups in total. The van der Waals surface area contributed by atoms with E-state index in [1.165, 1.54) is 12.8 Å². The average Bonchev–Trinajstić information content (AvgIpc) is 3.15. The summed E-state index contributed by atoms with van der Waals surface area (Å²) in [5.74, 6) is 0.535. The van der Waals surface area contributed by atoms with Crippen LogP contribution in [0.3, 0.4) is 0 Å². The van der Waals surface area contributed by atoms with Crippen molar-refractivity contribution in [2.45, 2.75) is 38.6 Å². The lowest BCUT2D eigenvalue weighted by Crippen LogP contribution is -2.17. The van der Waals surface area contributed by atoms with Gasteiger partial charge in [-0.25, -0.2) is 4.39 Å². The number of nitrogens with one attached hydrogen (secondary N) is 1. The average molecular weight is 275 g/mol. The van der Waals surface area contributed by atoms with Crippen LogP contribution >= 0.6 is 0 Å². The van der Waals surface area contributed by atoms with E-state index in [0.29, 0.717) is 17.0 Å². The minimum absolute atomic E-state index is 0.261. The molecule has 1 aromatic carbocycles. The molecular formula is C15H18FN3O. The summed E-state index contributed by atoms with van der Waals surface area (Å²) in [6.07, 6.45) is 4.25. The number of halogens is 1. The Kier molecular flexibility index (Phi) is 3.78. The Hall–Kier alpha value is -1.75. The molecule has 1 aliphatic carbocycles. The highest BCUT2D eigenvalue weighted by Gasteiger charge is 2.19. The highest BCUT2D eigenvalue weighted by molar-refractivity contribution is 5.55. The molecule has 0 spiro atoms. The molecule has 0 bridgehead atoms. The molecule has 4 nitrogen and oxygen atoms in total. The SMILES string of the molecule is Cc1cccc(-c2nnc(CCCNC3CC3)o2)c1F. The Morgan fingerprint density at radius 1 is 1.35 bits per heavy atom. The third-order valence-corrected chi connectivity index (χ3v) is 3.47. The summed E-state index contributed by atoms with van der Waals surface area (Å²) in [5, 5.41) is 11.4. The number of hydrogen-bond donors (Lipinski definition) is 1. The van der Waals surface area contributed by atoms with Gasteiger partial charge in [0.2, 0.25) is 5.89 Å². The summed E-state index contributed by atoms with van der Waals surface area (Å²) in [6.45, 7) is 2.68. The largest absolute Gasteiger partial charge is 0.421 e. The van der Waals surface area contributed by atoms with Gasteiger partial charge in [-0.2, -0.15) is 0 Å². The monoisotopic (exact) mass is 275 g/mol. The number of rotatable bonds is 6. The summed E-state index contributed by atoms with van der Waals surface area (Å²) in [7, 11) is 0. The normalized spacial score (nSPS) is 14.7. The van der Waals surface area contributed by atoms with Crippen molar-refractivity contribution in [2.24, 2.45) is 0 Å². The quantitative estimate of drug-likeness (QED) is 0.824. The van der Waals surface area contributed by atoms with Gasteiger partial charge >= 0.3 is 0 Å². The lowest BCUT2D eigenvalue weighted by Gasteiger charge is -2.01. The fraction of sp³-hybridized carbons (Fsp3) is 0.467. The molecule has 0 radical (unpaired) electrons. The van der Waals surface area contributed by atoms with Crippen LogP contribution in [0.15, 0.2) is 22.6 Å². The van der Waals surface area contributed by atoms with Gasteiger partial charge in [0.15, 0.2) is 0 Å². The van der Waals surface area contributed by atoms with Gasteiger partial charge in [0.1, 0.15) is 5.82 Å². The predicted molar refractivity (Wildman–Crippen MR) is 73.8 cm³/mol. The van der Waals surface area contributed by atoms with E-state index in [4.69, 9.17) is 4.42 Å². The first-order valence-electron chi connectivity index (χ1n) is 7.05. The van der Waals surface area contributed by atoms with Crippen LogP contribution in [0.5, 0.6) is 0 Å². The molecule has 1 heterocycles. The zero-order valence-corrected chi connectivity index (χ0v) is 11.5. The number of benzene rings is 1. The summed E-state index contributed by atoms with van der Waals surface area (Å²) < 4.78 is 19.5. The van der Waals surface area contributed by atoms with E-state index in [-0.39, 0.29) is 11.7 Å². The molecule has 3 rings (SSSR count). The van der Waals surface area contributed by atoms with E-state index in [2.05, 4.69) is 15.5 Å². The molecular weight excluding hydrogens is 257 g/mol. The van der Waals surface area contributed by atoms with Crippen LogP contribution < -0.4 is 5.32 Å². The molecule has 0 saturated heterocycles. The molecule has 0 unspecified atom stereocenters. The second kappa shape index (κ2) is 5.71. The van der Waals surface area contributed by atoms with Crippen molar-refractivity contribution < 1.29 is 8.81 Å². The molecule has 0 aliphatic heterocycles. The minimum atomic E-state index is -0.293. The molecule has 1 saturated carbocycles. The third-order valence-electron chi connectivity index (χ3n) is 3.47. The van der Waals surface area contributed by atoms with Crippen molar-refractivity contribution in [3.05, 3.63) is 35.5 Å². The van der Waals surface area contributed by atoms with E-state index < -0.39 is 0 Å². The Morgan fingerprint density at radius 2 is 2.20 bits per heavy atom. The summed E-state index contributed by atoms with van der Waals surface area (Å²) >= 11 is 0. The Bertz CT molecular complexity index is 593. The minimum Gasteiger partial charge on any atom is -0.421 e. The van der Waals surface area contributed by atoms with Crippen molar-refractivity contribution >= 4 is 0 Å². The van der Waals surface area contributed by atoms with E-state index in [1.54, 1.807) is 25.1 Å². The van der Waals surface area contributed by atoms with Crippen LogP contribution in [-0.4, -0.2) is 22.8 Å². The molecule has 1 fully saturated rings. The molecule has 1 aromatic heterocycles. The first kappa shape index (κ1) is 13.2. The second-order valence-corrected chi connectivity index (χ2v) is 5.27. The zero-order valence-electron chi connectivity index (χ0n) is 11.5. The molecule has 0 amide bonds. The van der Waals surface area contributed by atoms with Gasteiger partial charge < -0.3 is 9.73 Å². The van der Waals surface area contributed by atoms with Crippen molar-refractivity contribution in [3.8, 4) is 11.5 Å². The van der Waals surface area contributed by atoms with Crippen molar-refractivity contribution in [1.82, 2.24) is 15.5 Å². The maximum absolute atomic E-state index is 14.0. The summed E-state index contributed by atoms with van der Waals surface area (Å²) in [4.78, 5) is 0. The van der Waals surface area contributed by atoms with Gasteiger partial charge in [0.25, 0.3) is 5.89 Å². The van der Waals surface area contributed by atoms with E-state index in [1.807, 2.05) is 0 Å². The summed E-state index contributed by atoms with van der Waals surface area (Å²) in [5.41, 5.74) is 0.954. The molecule has 0 atom stereocenters. The van der Waals surface area contributed by atoms with Crippen LogP contribution in [0.25, 0.3) is 11.5 Å². The molecule has 1 aliphatic rings. The first-order valence-corrected chi connectivity index (χ1v) is 7.05. The van der Waals surface area contributed by atoms with Crippen molar-refractivity contribution in [1.29, 1.82) is 0 Å². The zero-order chi connectivity index (χ0) is 13.9. The topological polar surface area (TPSA) is 51.0 Å². The molecule has 106 valence electrons. The van der Waals surface area contributed by atoms with Crippen LogP contribution in [0.4, 0.5) is 4.39 Å². The van der Waals surface area contributed by atoms with Gasteiger partial charge in [-0.15, -0.1) is 10.2 Å². The number of hydrogen-bond acceptors (Lipinski definition) is 4. The van der Waals surface area contributed by atoms with Gasteiger partial charge in [-0.1, -0.05) is 12.1 Å². The summed E-state index contributed by atoms with van der Waals surface area (Å²) in [6, 6.07) is 5.89. The molecule has 5 heteroatoms. The lowest BCUT2D eigenvalue weighted by atomic mass is 10.1. The van der Waals surface area contributed by atoms with Crippen molar-refractivity contribution in [3.63, 3.8) is 0 Å². The van der Waals surface area contributed by atoms with Crippen LogP contribution in [0, 0.1) is 12.7 Å². The Labute approximate surface area is 117 Å². The van der Waals surface area contributed by atoms with Crippen LogP contribution in [-0.2, 0) is 6.42 Å². The van der Waals surface area contributed by atoms with E-state index >= 15 is 0 Å². The standard InChI is InChI=1S/C15H18FN3O/c1-10-4-2-5-12(14(10)16)15-19-18-13(20-15)6-3-9-17-11-7-8-11/h2,4-5,11,17H,3,6-9H2,1H3. The van der Waals surface area contributed by atoms with Gasteiger partial charge in [-0.3, -0.25) is 0 Å². The van der Waals surface area contributed by atoms with Gasteiger partial charge in [0, 0.05) is 12.5 Å². The Balaban J connectivity index is 1.62. The van der Waals surface area contributed by atoms with E-state index in [0.717, 1.165) is 25.4 Å². The smallest absolute Gasteiger partial charge is 0.250 e. The van der Waals surface area contributed by atoms with E-state index in [9.17, 15) is 4.39 Å². The van der Waals surface area contributed by atoms with Gasteiger partial charge in [0.05, 0.1) is 5.56 Å². The number of aromatic nitrogens is 2. The third kappa shape index (κ3) is 3.04. The van der Waals surface area contributed by atoms with Crippen LogP contribution in [0.1, 0.15) is 30.7 Å². The number of nitrogens with zero attached hydrogens (tertiary/aromatic N) is 2. The second-order valence-electron chi connectivity index (χ2n) is 5.27. The highest BCUT2D eigenvalue weighted by Crippen LogP contribution is 2.23. The van der Waals surface area contributed by atoms with Gasteiger partial charge in [-0.05, 0) is 44.4 Å².